The fourth-order valence-electron chi connectivity index (χ4n) is 3.19. The van der Waals surface area contributed by atoms with Crippen LogP contribution in [-0.2, 0) is 14.8 Å². The smallest absolute Gasteiger partial charge is 0.243 e. The molecule has 6 nitrogen and oxygen atoms in total. The number of nitrogens with zero attached hydrogens (tertiary/aromatic N) is 2. The molecule has 1 amide bonds. The van der Waals surface area contributed by atoms with Crippen LogP contribution in [0.5, 0.6) is 0 Å². The Hall–Kier alpha value is -2.22. The van der Waals surface area contributed by atoms with Gasteiger partial charge in [0.05, 0.1) is 10.9 Å². The van der Waals surface area contributed by atoms with Gasteiger partial charge >= 0.3 is 0 Å². The van der Waals surface area contributed by atoms with Crippen LogP contribution in [0.3, 0.4) is 0 Å². The minimum absolute atomic E-state index is 0.191. The van der Waals surface area contributed by atoms with E-state index in [1.165, 1.54) is 6.92 Å². The lowest BCUT2D eigenvalue weighted by molar-refractivity contribution is -0.114. The molecular weight excluding hydrogens is 350 g/mol. The van der Waals surface area contributed by atoms with Gasteiger partial charge in [-0.2, -0.15) is 4.31 Å². The highest BCUT2D eigenvalue weighted by atomic mass is 32.2. The number of benzene rings is 2. The van der Waals surface area contributed by atoms with E-state index in [1.807, 2.05) is 37.4 Å². The number of piperazine rings is 1. The van der Waals surface area contributed by atoms with Gasteiger partial charge in [0.25, 0.3) is 0 Å². The molecule has 0 bridgehead atoms. The molecule has 3 rings (SSSR count). The lowest BCUT2D eigenvalue weighted by Gasteiger charge is -2.39. The summed E-state index contributed by atoms with van der Waals surface area (Å²) < 4.78 is 28.0. The van der Waals surface area contributed by atoms with Crippen LogP contribution in [0, 0.1) is 0 Å². The summed E-state index contributed by atoms with van der Waals surface area (Å²) in [4.78, 5) is 13.5. The zero-order valence-electron chi connectivity index (χ0n) is 14.9. The Morgan fingerprint density at radius 1 is 1.04 bits per heavy atom. The Bertz CT molecular complexity index is 867. The summed E-state index contributed by atoms with van der Waals surface area (Å²) in [6.07, 6.45) is 0. The largest absolute Gasteiger partial charge is 0.326 e. The maximum Gasteiger partial charge on any atom is 0.243 e. The van der Waals surface area contributed by atoms with E-state index in [4.69, 9.17) is 0 Å². The maximum absolute atomic E-state index is 13.2. The number of anilines is 1. The highest BCUT2D eigenvalue weighted by Crippen LogP contribution is 2.31. The van der Waals surface area contributed by atoms with Crippen LogP contribution in [0.4, 0.5) is 5.69 Å². The van der Waals surface area contributed by atoms with Gasteiger partial charge in [0.1, 0.15) is 0 Å². The molecular formula is C19H23N3O3S. The Balaban J connectivity index is 1.92. The number of carbonyl (C=O) groups is 1. The molecule has 0 unspecified atom stereocenters. The molecule has 1 aliphatic heterocycles. The molecule has 0 spiro atoms. The third kappa shape index (κ3) is 3.95. The number of hydrogen-bond acceptors (Lipinski definition) is 4. The average Bonchev–Trinajstić information content (AvgIpc) is 2.62. The van der Waals surface area contributed by atoms with Crippen molar-refractivity contribution in [3.63, 3.8) is 0 Å². The van der Waals surface area contributed by atoms with Crippen LogP contribution < -0.4 is 5.32 Å². The lowest BCUT2D eigenvalue weighted by atomic mass is 10.1. The van der Waals surface area contributed by atoms with E-state index in [0.29, 0.717) is 25.3 Å². The minimum atomic E-state index is -3.63. The van der Waals surface area contributed by atoms with Gasteiger partial charge in [-0.05, 0) is 36.9 Å². The second kappa shape index (κ2) is 7.57. The molecule has 1 saturated heterocycles. The molecule has 0 saturated carbocycles. The number of carbonyl (C=O) groups excluding carboxylic acids is 1. The zero-order valence-corrected chi connectivity index (χ0v) is 15.7. The molecule has 0 aliphatic carbocycles. The summed E-state index contributed by atoms with van der Waals surface area (Å²) in [5.41, 5.74) is 1.56. The van der Waals surface area contributed by atoms with E-state index in [1.54, 1.807) is 28.6 Å². The molecule has 1 aliphatic rings. The predicted molar refractivity (Wildman–Crippen MR) is 101 cm³/mol. The predicted octanol–water partition coefficient (Wildman–Crippen LogP) is 2.32. The van der Waals surface area contributed by atoms with Crippen molar-refractivity contribution in [2.45, 2.75) is 17.9 Å². The van der Waals surface area contributed by atoms with E-state index in [2.05, 4.69) is 10.2 Å². The van der Waals surface area contributed by atoms with Crippen molar-refractivity contribution in [2.75, 3.05) is 32.0 Å². The first-order chi connectivity index (χ1) is 12.4. The van der Waals surface area contributed by atoms with Crippen molar-refractivity contribution in [3.8, 4) is 0 Å². The van der Waals surface area contributed by atoms with Crippen molar-refractivity contribution in [3.05, 3.63) is 60.2 Å². The van der Waals surface area contributed by atoms with Gasteiger partial charge in [-0.25, -0.2) is 8.42 Å². The van der Waals surface area contributed by atoms with Gasteiger partial charge in [0, 0.05) is 32.2 Å². The van der Waals surface area contributed by atoms with Gasteiger partial charge in [-0.1, -0.05) is 30.3 Å². The van der Waals surface area contributed by atoms with Crippen LogP contribution in [-0.4, -0.2) is 50.2 Å². The average molecular weight is 373 g/mol. The molecule has 138 valence electrons. The van der Waals surface area contributed by atoms with E-state index < -0.39 is 10.0 Å². The summed E-state index contributed by atoms with van der Waals surface area (Å²) in [5, 5.41) is 2.65. The Kier molecular flexibility index (Phi) is 5.41. The van der Waals surface area contributed by atoms with Crippen molar-refractivity contribution in [1.82, 2.24) is 9.21 Å². The standard InChI is InChI=1S/C19H23N3O3S/c1-15(23)20-17-8-10-18(11-9-17)26(24,25)22-13-12-21(2)14-19(22)16-6-4-3-5-7-16/h3-11,19H,12-14H2,1-2H3,(H,20,23)/t19-/m0/s1. The van der Waals surface area contributed by atoms with Crippen molar-refractivity contribution in [2.24, 2.45) is 0 Å². The van der Waals surface area contributed by atoms with Gasteiger partial charge in [0.15, 0.2) is 0 Å². The van der Waals surface area contributed by atoms with Crippen LogP contribution >= 0.6 is 0 Å². The van der Waals surface area contributed by atoms with E-state index >= 15 is 0 Å². The number of hydrogen-bond donors (Lipinski definition) is 1. The zero-order chi connectivity index (χ0) is 18.7. The van der Waals surface area contributed by atoms with Crippen molar-refractivity contribution in [1.29, 1.82) is 0 Å². The Morgan fingerprint density at radius 3 is 2.31 bits per heavy atom. The molecule has 0 aromatic heterocycles. The third-order valence-corrected chi connectivity index (χ3v) is 6.42. The number of likely N-dealkylation sites (N-methyl/N-ethyl adjacent to an activating group) is 1. The summed E-state index contributed by atoms with van der Waals surface area (Å²) in [7, 11) is -1.63. The molecule has 1 N–H and O–H groups in total. The third-order valence-electron chi connectivity index (χ3n) is 4.50. The number of rotatable bonds is 4. The normalized spacial score (nSPS) is 19.2. The Labute approximate surface area is 154 Å². The van der Waals surface area contributed by atoms with Crippen molar-refractivity contribution >= 4 is 21.6 Å². The summed E-state index contributed by atoms with van der Waals surface area (Å²) in [5.74, 6) is -0.191. The van der Waals surface area contributed by atoms with Crippen LogP contribution in [0.25, 0.3) is 0 Å². The molecule has 7 heteroatoms. The van der Waals surface area contributed by atoms with E-state index in [0.717, 1.165) is 5.56 Å². The molecule has 1 heterocycles. The quantitative estimate of drug-likeness (QED) is 0.893. The second-order valence-corrected chi connectivity index (χ2v) is 8.40. The molecule has 0 radical (unpaired) electrons. The van der Waals surface area contributed by atoms with Gasteiger partial charge in [-0.3, -0.25) is 4.79 Å². The summed E-state index contributed by atoms with van der Waals surface area (Å²) in [6, 6.07) is 15.8. The Morgan fingerprint density at radius 2 is 1.69 bits per heavy atom. The first kappa shape index (κ1) is 18.6. The maximum atomic E-state index is 13.2. The number of nitrogens with one attached hydrogen (secondary N) is 1. The topological polar surface area (TPSA) is 69.7 Å². The van der Waals surface area contributed by atoms with E-state index in [-0.39, 0.29) is 16.8 Å². The van der Waals surface area contributed by atoms with Crippen molar-refractivity contribution < 1.29 is 13.2 Å². The monoisotopic (exact) mass is 373 g/mol. The molecule has 26 heavy (non-hydrogen) atoms. The molecule has 2 aromatic rings. The van der Waals surface area contributed by atoms with Crippen LogP contribution in [0.2, 0.25) is 0 Å². The minimum Gasteiger partial charge on any atom is -0.326 e. The summed E-state index contributed by atoms with van der Waals surface area (Å²) in [6.45, 7) is 3.19. The van der Waals surface area contributed by atoms with Gasteiger partial charge < -0.3 is 10.2 Å². The highest BCUT2D eigenvalue weighted by molar-refractivity contribution is 7.89. The number of sulfonamides is 1. The van der Waals surface area contributed by atoms with E-state index in [9.17, 15) is 13.2 Å². The fourth-order valence-corrected chi connectivity index (χ4v) is 4.78. The molecule has 1 fully saturated rings. The first-order valence-corrected chi connectivity index (χ1v) is 9.95. The first-order valence-electron chi connectivity index (χ1n) is 8.51. The fraction of sp³-hybridized carbons (Fsp3) is 0.316. The van der Waals surface area contributed by atoms with Gasteiger partial charge in [0.2, 0.25) is 15.9 Å². The SMILES string of the molecule is CC(=O)Nc1ccc(S(=O)(=O)N2CCN(C)C[C@H]2c2ccccc2)cc1. The molecule has 1 atom stereocenters. The highest BCUT2D eigenvalue weighted by Gasteiger charge is 2.35. The second-order valence-electron chi connectivity index (χ2n) is 6.51. The van der Waals surface area contributed by atoms with Crippen LogP contribution in [0.15, 0.2) is 59.5 Å². The lowest BCUT2D eigenvalue weighted by Crippen LogP contribution is -2.49. The molecule has 2 aromatic carbocycles. The number of amides is 1. The van der Waals surface area contributed by atoms with Crippen LogP contribution in [0.1, 0.15) is 18.5 Å². The van der Waals surface area contributed by atoms with Gasteiger partial charge in [-0.15, -0.1) is 0 Å². The summed E-state index contributed by atoms with van der Waals surface area (Å²) >= 11 is 0.